The summed E-state index contributed by atoms with van der Waals surface area (Å²) < 4.78 is 27.6. The van der Waals surface area contributed by atoms with E-state index in [1.54, 1.807) is 0 Å². The first-order chi connectivity index (χ1) is 12.5. The van der Waals surface area contributed by atoms with Gasteiger partial charge in [-0.05, 0) is 30.7 Å². The zero-order valence-electron chi connectivity index (χ0n) is 13.6. The van der Waals surface area contributed by atoms with E-state index in [0.717, 1.165) is 28.7 Å². The Bertz CT molecular complexity index is 1110. The lowest BCUT2D eigenvalue weighted by molar-refractivity contribution is 0.101. The van der Waals surface area contributed by atoms with Crippen LogP contribution in [0.1, 0.15) is 15.9 Å². The molecule has 2 heterocycles. The molecule has 4 rings (SSSR count). The normalized spacial score (nSPS) is 11.0. The van der Waals surface area contributed by atoms with Crippen LogP contribution in [0, 0.1) is 18.6 Å². The summed E-state index contributed by atoms with van der Waals surface area (Å²) in [7, 11) is 0. The summed E-state index contributed by atoms with van der Waals surface area (Å²) in [5.41, 5.74) is 2.62. The molecule has 130 valence electrons. The van der Waals surface area contributed by atoms with Crippen molar-refractivity contribution in [2.45, 2.75) is 6.92 Å². The van der Waals surface area contributed by atoms with Gasteiger partial charge in [-0.1, -0.05) is 18.2 Å². The van der Waals surface area contributed by atoms with Gasteiger partial charge >= 0.3 is 0 Å². The number of nitrogens with one attached hydrogen (secondary N) is 3. The Kier molecular flexibility index (Phi) is 3.72. The van der Waals surface area contributed by atoms with Gasteiger partial charge in [0.25, 0.3) is 5.91 Å². The number of H-pyrrole nitrogens is 2. The number of aromatic nitrogens is 4. The number of fused-ring (bicyclic) bond motifs is 1. The van der Waals surface area contributed by atoms with Crippen molar-refractivity contribution in [3.63, 3.8) is 0 Å². The van der Waals surface area contributed by atoms with Crippen LogP contribution in [0.3, 0.4) is 0 Å². The van der Waals surface area contributed by atoms with Gasteiger partial charge in [0, 0.05) is 0 Å². The van der Waals surface area contributed by atoms with Gasteiger partial charge in [-0.15, -0.1) is 0 Å². The Hall–Kier alpha value is -3.55. The van der Waals surface area contributed by atoms with Gasteiger partial charge in [0.15, 0.2) is 5.82 Å². The van der Waals surface area contributed by atoms with E-state index in [1.807, 2.05) is 25.1 Å². The van der Waals surface area contributed by atoms with E-state index >= 15 is 0 Å². The lowest BCUT2D eigenvalue weighted by Crippen LogP contribution is -2.16. The maximum Gasteiger partial charge on any atom is 0.261 e. The van der Waals surface area contributed by atoms with Gasteiger partial charge in [0.05, 0.1) is 22.9 Å². The second-order valence-corrected chi connectivity index (χ2v) is 5.77. The SMILES string of the molecule is Cc1cccc2[nH]c(-c3[nH]ncc3NC(=O)c3c(F)cccc3F)nc12. The molecule has 2 aromatic carbocycles. The average Bonchev–Trinajstić information content (AvgIpc) is 3.21. The number of aryl methyl sites for hydroxylation is 1. The highest BCUT2D eigenvalue weighted by Gasteiger charge is 2.20. The maximum atomic E-state index is 13.8. The molecule has 1 amide bonds. The van der Waals surface area contributed by atoms with Crippen LogP contribution in [0.4, 0.5) is 14.5 Å². The van der Waals surface area contributed by atoms with E-state index in [-0.39, 0.29) is 5.69 Å². The van der Waals surface area contributed by atoms with Gasteiger partial charge < -0.3 is 10.3 Å². The van der Waals surface area contributed by atoms with Crippen LogP contribution in [0.15, 0.2) is 42.6 Å². The summed E-state index contributed by atoms with van der Waals surface area (Å²) >= 11 is 0. The lowest BCUT2D eigenvalue weighted by Gasteiger charge is -2.06. The fraction of sp³-hybridized carbons (Fsp3) is 0.0556. The third-order valence-electron chi connectivity index (χ3n) is 4.03. The third kappa shape index (κ3) is 2.61. The number of imidazole rings is 1. The molecule has 0 fully saturated rings. The molecule has 0 aliphatic heterocycles. The van der Waals surface area contributed by atoms with Crippen molar-refractivity contribution in [1.82, 2.24) is 20.2 Å². The Morgan fingerprint density at radius 3 is 2.58 bits per heavy atom. The molecular weight excluding hydrogens is 340 g/mol. The summed E-state index contributed by atoms with van der Waals surface area (Å²) in [6.45, 7) is 1.93. The maximum absolute atomic E-state index is 13.8. The van der Waals surface area contributed by atoms with Crippen molar-refractivity contribution in [2.24, 2.45) is 0 Å². The van der Waals surface area contributed by atoms with Crippen LogP contribution in [-0.4, -0.2) is 26.1 Å². The molecule has 0 aliphatic rings. The van der Waals surface area contributed by atoms with Crippen molar-refractivity contribution in [3.8, 4) is 11.5 Å². The second kappa shape index (κ2) is 6.07. The van der Waals surface area contributed by atoms with Gasteiger partial charge in [-0.25, -0.2) is 13.8 Å². The summed E-state index contributed by atoms with van der Waals surface area (Å²) in [5, 5.41) is 9.11. The first-order valence-electron chi connectivity index (χ1n) is 7.79. The number of amides is 1. The van der Waals surface area contributed by atoms with Crippen LogP contribution in [-0.2, 0) is 0 Å². The molecule has 0 bridgehead atoms. The molecule has 4 aromatic rings. The predicted molar refractivity (Wildman–Crippen MR) is 92.7 cm³/mol. The van der Waals surface area contributed by atoms with Gasteiger partial charge in [-0.2, -0.15) is 5.10 Å². The summed E-state index contributed by atoms with van der Waals surface area (Å²) in [6, 6.07) is 8.95. The van der Waals surface area contributed by atoms with Crippen LogP contribution >= 0.6 is 0 Å². The average molecular weight is 353 g/mol. The number of carbonyl (C=O) groups is 1. The standard InChI is InChI=1S/C18H13F2N5O/c1-9-4-2-7-12-15(9)24-17(22-12)16-13(8-21-25-16)23-18(26)14-10(19)5-3-6-11(14)20/h2-8H,1H3,(H,21,25)(H,22,24)(H,23,26). The van der Waals surface area contributed by atoms with Crippen molar-refractivity contribution in [3.05, 3.63) is 65.4 Å². The Labute approximate surface area is 146 Å². The largest absolute Gasteiger partial charge is 0.337 e. The smallest absolute Gasteiger partial charge is 0.261 e. The zero-order chi connectivity index (χ0) is 18.3. The van der Waals surface area contributed by atoms with Crippen molar-refractivity contribution >= 4 is 22.6 Å². The Balaban J connectivity index is 1.71. The number of para-hydroxylation sites is 1. The first-order valence-corrected chi connectivity index (χ1v) is 7.79. The fourth-order valence-electron chi connectivity index (χ4n) is 2.75. The molecule has 0 unspecified atom stereocenters. The molecule has 8 heteroatoms. The minimum absolute atomic E-state index is 0.259. The highest BCUT2D eigenvalue weighted by molar-refractivity contribution is 6.06. The number of rotatable bonds is 3. The van der Waals surface area contributed by atoms with E-state index in [1.165, 1.54) is 12.3 Å². The molecule has 6 nitrogen and oxygen atoms in total. The molecule has 0 radical (unpaired) electrons. The number of carbonyl (C=O) groups excluding carboxylic acids is 1. The molecule has 0 saturated carbocycles. The number of hydrogen-bond donors (Lipinski definition) is 3. The van der Waals surface area contributed by atoms with E-state index < -0.39 is 23.1 Å². The van der Waals surface area contributed by atoms with E-state index in [9.17, 15) is 13.6 Å². The molecule has 0 spiro atoms. The van der Waals surface area contributed by atoms with E-state index in [2.05, 4.69) is 25.5 Å². The lowest BCUT2D eigenvalue weighted by atomic mass is 10.2. The number of nitrogens with zero attached hydrogens (tertiary/aromatic N) is 2. The quantitative estimate of drug-likeness (QED) is 0.524. The number of benzene rings is 2. The van der Waals surface area contributed by atoms with Crippen molar-refractivity contribution in [1.29, 1.82) is 0 Å². The van der Waals surface area contributed by atoms with Crippen molar-refractivity contribution in [2.75, 3.05) is 5.32 Å². The second-order valence-electron chi connectivity index (χ2n) is 5.77. The van der Waals surface area contributed by atoms with Gasteiger partial charge in [-0.3, -0.25) is 9.89 Å². The topological polar surface area (TPSA) is 86.5 Å². The van der Waals surface area contributed by atoms with E-state index in [0.29, 0.717) is 11.5 Å². The highest BCUT2D eigenvalue weighted by atomic mass is 19.1. The number of aromatic amines is 2. The molecular formula is C18H13F2N5O. The molecule has 0 atom stereocenters. The monoisotopic (exact) mass is 353 g/mol. The Morgan fingerprint density at radius 2 is 1.85 bits per heavy atom. The van der Waals surface area contributed by atoms with Crippen LogP contribution in [0.25, 0.3) is 22.6 Å². The molecule has 3 N–H and O–H groups in total. The van der Waals surface area contributed by atoms with Crippen LogP contribution < -0.4 is 5.32 Å². The molecule has 26 heavy (non-hydrogen) atoms. The summed E-state index contributed by atoms with van der Waals surface area (Å²) in [6.07, 6.45) is 1.35. The number of halogens is 2. The number of hydrogen-bond acceptors (Lipinski definition) is 3. The molecule has 0 saturated heterocycles. The minimum Gasteiger partial charge on any atom is -0.337 e. The summed E-state index contributed by atoms with van der Waals surface area (Å²) in [4.78, 5) is 19.9. The zero-order valence-corrected chi connectivity index (χ0v) is 13.6. The molecule has 0 aliphatic carbocycles. The van der Waals surface area contributed by atoms with Crippen LogP contribution in [0.2, 0.25) is 0 Å². The fourth-order valence-corrected chi connectivity index (χ4v) is 2.75. The first kappa shape index (κ1) is 15.9. The van der Waals surface area contributed by atoms with Gasteiger partial charge in [0.2, 0.25) is 0 Å². The van der Waals surface area contributed by atoms with Gasteiger partial charge in [0.1, 0.15) is 22.9 Å². The third-order valence-corrected chi connectivity index (χ3v) is 4.03. The van der Waals surface area contributed by atoms with E-state index in [4.69, 9.17) is 0 Å². The molecule has 2 aromatic heterocycles. The highest BCUT2D eigenvalue weighted by Crippen LogP contribution is 2.27. The van der Waals surface area contributed by atoms with Crippen LogP contribution in [0.5, 0.6) is 0 Å². The summed E-state index contributed by atoms with van der Waals surface area (Å²) in [5.74, 6) is -2.33. The van der Waals surface area contributed by atoms with Crippen molar-refractivity contribution < 1.29 is 13.6 Å². The minimum atomic E-state index is -0.938. The predicted octanol–water partition coefficient (Wildman–Crippen LogP) is 3.79. The number of anilines is 1. The Morgan fingerprint density at radius 1 is 1.12 bits per heavy atom.